The number of hydrogen-bond acceptors (Lipinski definition) is 3. The minimum Gasteiger partial charge on any atom is -0.367 e. The Balaban J connectivity index is 0.000000160. The van der Waals surface area contributed by atoms with E-state index < -0.39 is 0 Å². The highest BCUT2D eigenvalue weighted by Gasteiger charge is 1.95. The Hall–Kier alpha value is -0.380. The number of rotatable bonds is 0. The van der Waals surface area contributed by atoms with E-state index >= 15 is 0 Å². The molecule has 1 aliphatic rings. The molecule has 0 fully saturated rings. The minimum atomic E-state index is 0. The number of hydrazone groups is 1. The molecular formula is CH5N3S. The van der Waals surface area contributed by atoms with Gasteiger partial charge in [0.05, 0.1) is 0 Å². The molecule has 0 atom stereocenters. The van der Waals surface area contributed by atoms with Gasteiger partial charge in [0.15, 0.2) is 0 Å². The normalized spacial score (nSPS) is 14.0. The number of guanidine groups is 1. The van der Waals surface area contributed by atoms with E-state index in [2.05, 4.69) is 10.5 Å². The molecule has 0 unspecified atom stereocenters. The van der Waals surface area contributed by atoms with Crippen molar-refractivity contribution in [2.24, 2.45) is 10.8 Å². The molecule has 0 spiro atoms. The summed E-state index contributed by atoms with van der Waals surface area (Å²) in [6, 6.07) is 0. The lowest BCUT2D eigenvalue weighted by atomic mass is 11.2. The van der Waals surface area contributed by atoms with Crippen LogP contribution in [-0.4, -0.2) is 5.96 Å². The maximum absolute atomic E-state index is 4.86. The van der Waals surface area contributed by atoms with E-state index in [9.17, 15) is 0 Å². The smallest absolute Gasteiger partial charge is 0.232 e. The van der Waals surface area contributed by atoms with Crippen molar-refractivity contribution < 1.29 is 0 Å². The predicted molar refractivity (Wildman–Crippen MR) is 25.1 cm³/mol. The molecule has 0 aromatic carbocycles. The van der Waals surface area contributed by atoms with E-state index in [1.165, 1.54) is 0 Å². The molecule has 0 bridgehead atoms. The first-order valence-electron chi connectivity index (χ1n) is 0.986. The molecule has 0 aliphatic carbocycles. The monoisotopic (exact) mass is 91.0 g/mol. The second kappa shape index (κ2) is 1.16. The molecule has 0 saturated heterocycles. The number of hydrogen-bond donors (Lipinski definition) is 2. The molecule has 0 amide bonds. The fourth-order valence-corrected chi connectivity index (χ4v) is 0.0323. The van der Waals surface area contributed by atoms with Crippen LogP contribution >= 0.6 is 13.5 Å². The summed E-state index contributed by atoms with van der Waals surface area (Å²) in [5, 5.41) is 3.35. The maximum atomic E-state index is 4.86. The van der Waals surface area contributed by atoms with Gasteiger partial charge in [-0.25, -0.2) is 5.43 Å². The molecule has 30 valence electrons. The van der Waals surface area contributed by atoms with Crippen LogP contribution in [0.5, 0.6) is 0 Å². The molecular weight excluding hydrogens is 86.1 g/mol. The van der Waals surface area contributed by atoms with Crippen LogP contribution < -0.4 is 11.2 Å². The van der Waals surface area contributed by atoms with E-state index in [1.807, 2.05) is 0 Å². The molecule has 4 heteroatoms. The van der Waals surface area contributed by atoms with Crippen LogP contribution in [0.25, 0.3) is 0 Å². The van der Waals surface area contributed by atoms with Gasteiger partial charge in [0.1, 0.15) is 0 Å². The van der Waals surface area contributed by atoms with Gasteiger partial charge in [-0.05, 0) is 0 Å². The van der Waals surface area contributed by atoms with Crippen molar-refractivity contribution in [2.45, 2.75) is 0 Å². The molecule has 1 heterocycles. The lowest BCUT2D eigenvalue weighted by Gasteiger charge is -1.48. The summed E-state index contributed by atoms with van der Waals surface area (Å²) in [6.07, 6.45) is 0. The van der Waals surface area contributed by atoms with Crippen LogP contribution in [0.3, 0.4) is 0 Å². The summed E-state index contributed by atoms with van der Waals surface area (Å²) < 4.78 is 0. The van der Waals surface area contributed by atoms with Crippen molar-refractivity contribution in [1.82, 2.24) is 5.43 Å². The van der Waals surface area contributed by atoms with Gasteiger partial charge in [-0.3, -0.25) is 0 Å². The van der Waals surface area contributed by atoms with E-state index in [4.69, 9.17) is 5.73 Å². The Bertz CT molecular complexity index is 57.9. The average Bonchev–Trinajstić information content (AvgIpc) is 1.75. The summed E-state index contributed by atoms with van der Waals surface area (Å²) in [4.78, 5) is 0. The fraction of sp³-hybridized carbons (Fsp3) is 0. The topological polar surface area (TPSA) is 60.3 Å². The number of nitrogens with zero attached hydrogens (tertiary/aromatic N) is 1. The van der Waals surface area contributed by atoms with Gasteiger partial charge in [0.25, 0.3) is 0 Å². The summed E-state index contributed by atoms with van der Waals surface area (Å²) >= 11 is 0. The maximum Gasteiger partial charge on any atom is 0.232 e. The Labute approximate surface area is 36.7 Å². The predicted octanol–water partition coefficient (Wildman–Crippen LogP) is -1.07. The van der Waals surface area contributed by atoms with Crippen LogP contribution in [-0.2, 0) is 0 Å². The average molecular weight is 91.1 g/mol. The highest BCUT2D eigenvalue weighted by molar-refractivity contribution is 7.59. The molecule has 0 aromatic rings. The molecule has 0 saturated carbocycles. The zero-order valence-electron chi connectivity index (χ0n) is 2.52. The third kappa shape index (κ3) is 1.38. The molecule has 5 heavy (non-hydrogen) atoms. The fourth-order valence-electron chi connectivity index (χ4n) is 0.0323. The zero-order chi connectivity index (χ0) is 2.99. The first-order valence-corrected chi connectivity index (χ1v) is 0.986. The van der Waals surface area contributed by atoms with Gasteiger partial charge in [-0.2, -0.15) is 13.5 Å². The van der Waals surface area contributed by atoms with Crippen molar-refractivity contribution in [1.29, 1.82) is 0 Å². The van der Waals surface area contributed by atoms with E-state index in [0.717, 1.165) is 0 Å². The van der Waals surface area contributed by atoms with E-state index in [-0.39, 0.29) is 13.5 Å². The third-order valence-electron chi connectivity index (χ3n) is 0.241. The SMILES string of the molecule is NC1=NN1.S. The van der Waals surface area contributed by atoms with Crippen LogP contribution in [0.1, 0.15) is 0 Å². The Kier molecular flexibility index (Phi) is 1.08. The molecule has 0 radical (unpaired) electrons. The van der Waals surface area contributed by atoms with Crippen molar-refractivity contribution in [3.63, 3.8) is 0 Å². The highest BCUT2D eigenvalue weighted by Crippen LogP contribution is 1.68. The van der Waals surface area contributed by atoms with Gasteiger partial charge >= 0.3 is 0 Å². The second-order valence-electron chi connectivity index (χ2n) is 0.609. The Morgan fingerprint density at radius 3 is 2.00 bits per heavy atom. The van der Waals surface area contributed by atoms with Gasteiger partial charge < -0.3 is 5.73 Å². The molecule has 1 aliphatic heterocycles. The van der Waals surface area contributed by atoms with Gasteiger partial charge in [-0.15, -0.1) is 5.10 Å². The van der Waals surface area contributed by atoms with E-state index in [1.54, 1.807) is 0 Å². The van der Waals surface area contributed by atoms with Crippen molar-refractivity contribution in [3.8, 4) is 0 Å². The standard InChI is InChI=1S/CH3N3.H2S/c2-1-3-4-1;/h(H3,2,3,4);1H2. The molecule has 1 rings (SSSR count). The lowest BCUT2D eigenvalue weighted by Crippen LogP contribution is -2.03. The third-order valence-corrected chi connectivity index (χ3v) is 0.241. The summed E-state index contributed by atoms with van der Waals surface area (Å²) in [6.45, 7) is 0. The van der Waals surface area contributed by atoms with Gasteiger partial charge in [-0.1, -0.05) is 0 Å². The van der Waals surface area contributed by atoms with Crippen LogP contribution in [0.2, 0.25) is 0 Å². The second-order valence-corrected chi connectivity index (χ2v) is 0.609. The van der Waals surface area contributed by atoms with Crippen molar-refractivity contribution in [3.05, 3.63) is 0 Å². The zero-order valence-corrected chi connectivity index (χ0v) is 3.52. The van der Waals surface area contributed by atoms with Crippen molar-refractivity contribution >= 4 is 19.5 Å². The molecule has 3 nitrogen and oxygen atoms in total. The largest absolute Gasteiger partial charge is 0.367 e. The molecule has 0 aromatic heterocycles. The van der Waals surface area contributed by atoms with Crippen LogP contribution in [0, 0.1) is 0 Å². The summed E-state index contributed by atoms with van der Waals surface area (Å²) in [5.41, 5.74) is 7.28. The Morgan fingerprint density at radius 1 is 1.80 bits per heavy atom. The van der Waals surface area contributed by atoms with Crippen LogP contribution in [0.15, 0.2) is 5.10 Å². The quantitative estimate of drug-likeness (QED) is 0.399. The molecule has 3 N–H and O–H groups in total. The lowest BCUT2D eigenvalue weighted by molar-refractivity contribution is 1.25. The Morgan fingerprint density at radius 2 is 2.00 bits per heavy atom. The van der Waals surface area contributed by atoms with Crippen molar-refractivity contribution in [2.75, 3.05) is 0 Å². The summed E-state index contributed by atoms with van der Waals surface area (Å²) in [7, 11) is 0. The first-order chi connectivity index (χ1) is 1.89. The van der Waals surface area contributed by atoms with E-state index in [0.29, 0.717) is 5.96 Å². The van der Waals surface area contributed by atoms with Gasteiger partial charge in [0, 0.05) is 0 Å². The highest BCUT2D eigenvalue weighted by atomic mass is 32.1. The minimum absolute atomic E-state index is 0. The van der Waals surface area contributed by atoms with Gasteiger partial charge in [0.2, 0.25) is 5.96 Å². The number of nitrogens with two attached hydrogens (primary N) is 1. The number of nitrogens with one attached hydrogen (secondary N) is 1. The van der Waals surface area contributed by atoms with Crippen LogP contribution in [0.4, 0.5) is 0 Å². The first kappa shape index (κ1) is 4.62. The summed E-state index contributed by atoms with van der Waals surface area (Å²) in [5.74, 6) is 0.542.